The number of ether oxygens (including phenoxy) is 1. The second-order valence-corrected chi connectivity index (χ2v) is 6.01. The molecule has 1 atom stereocenters. The van der Waals surface area contributed by atoms with Gasteiger partial charge in [-0.2, -0.15) is 0 Å². The lowest BCUT2D eigenvalue weighted by molar-refractivity contribution is -0.159. The molecule has 0 bridgehead atoms. The van der Waals surface area contributed by atoms with Crippen LogP contribution in [0.15, 0.2) is 24.3 Å². The van der Waals surface area contributed by atoms with Crippen LogP contribution in [0.2, 0.25) is 0 Å². The molecule has 1 aliphatic rings. The summed E-state index contributed by atoms with van der Waals surface area (Å²) in [5.41, 5.74) is 5.21. The van der Waals surface area contributed by atoms with Crippen molar-refractivity contribution in [3.63, 3.8) is 0 Å². The van der Waals surface area contributed by atoms with Crippen LogP contribution in [0.1, 0.15) is 30.1 Å². The van der Waals surface area contributed by atoms with Gasteiger partial charge < -0.3 is 15.4 Å². The molecule has 0 spiro atoms. The van der Waals surface area contributed by atoms with E-state index in [4.69, 9.17) is 10.5 Å². The highest BCUT2D eigenvalue weighted by Gasteiger charge is 2.30. The summed E-state index contributed by atoms with van der Waals surface area (Å²) in [7, 11) is 0. The van der Waals surface area contributed by atoms with Gasteiger partial charge in [0.2, 0.25) is 0 Å². The topological polar surface area (TPSA) is 119 Å². The summed E-state index contributed by atoms with van der Waals surface area (Å²) in [5, 5.41) is 1.84. The van der Waals surface area contributed by atoms with Crippen LogP contribution < -0.4 is 11.1 Å². The van der Waals surface area contributed by atoms with E-state index in [0.717, 1.165) is 0 Å². The highest BCUT2D eigenvalue weighted by molar-refractivity contribution is 5.96. The van der Waals surface area contributed by atoms with Gasteiger partial charge in [0, 0.05) is 18.7 Å². The molecule has 0 aliphatic carbocycles. The predicted octanol–water partition coefficient (Wildman–Crippen LogP) is 0.805. The summed E-state index contributed by atoms with van der Waals surface area (Å²) in [6.07, 6.45) is -0.375. The van der Waals surface area contributed by atoms with Crippen LogP contribution in [0.4, 0.5) is 9.18 Å². The molecule has 9 heteroatoms. The number of likely N-dealkylation sites (tertiary alicyclic amines) is 1. The molecule has 1 fully saturated rings. The molecule has 8 nitrogen and oxygen atoms in total. The number of carbonyl (C=O) groups excluding carboxylic acids is 4. The first kappa shape index (κ1) is 19.4. The summed E-state index contributed by atoms with van der Waals surface area (Å²) >= 11 is 0. The number of urea groups is 1. The zero-order valence-corrected chi connectivity index (χ0v) is 14.2. The maximum atomic E-state index is 12.9. The van der Waals surface area contributed by atoms with Crippen LogP contribution in [0.25, 0.3) is 0 Å². The molecule has 0 saturated carbocycles. The molecule has 3 N–H and O–H groups in total. The maximum Gasteiger partial charge on any atom is 0.318 e. The first-order valence-corrected chi connectivity index (χ1v) is 8.13. The van der Waals surface area contributed by atoms with Crippen molar-refractivity contribution < 1.29 is 28.3 Å². The predicted molar refractivity (Wildman–Crippen MR) is 88.3 cm³/mol. The Hall–Kier alpha value is -2.97. The highest BCUT2D eigenvalue weighted by atomic mass is 19.1. The number of hydrogen-bond acceptors (Lipinski definition) is 5. The lowest BCUT2D eigenvalue weighted by Crippen LogP contribution is -2.44. The number of halogens is 1. The standard InChI is InChI=1S/C17H20FN3O5/c1-10(14(22)20-17(19)25)26-16(24)12-6-8-21(9-7-12)15(23)11-2-4-13(18)5-3-11/h2-5,10,12H,6-9H2,1H3,(H3,19,20,22,25)/t10-/m1/s1. The monoisotopic (exact) mass is 365 g/mol. The molecular weight excluding hydrogens is 345 g/mol. The van der Waals surface area contributed by atoms with Gasteiger partial charge in [0.05, 0.1) is 5.92 Å². The number of piperidine rings is 1. The van der Waals surface area contributed by atoms with Crippen LogP contribution in [0, 0.1) is 11.7 Å². The van der Waals surface area contributed by atoms with E-state index in [1.165, 1.54) is 31.2 Å². The third-order valence-corrected chi connectivity index (χ3v) is 4.12. The Morgan fingerprint density at radius 3 is 2.31 bits per heavy atom. The number of primary amides is 1. The fraction of sp³-hybridized carbons (Fsp3) is 0.412. The van der Waals surface area contributed by atoms with Gasteiger partial charge in [-0.15, -0.1) is 0 Å². The summed E-state index contributed by atoms with van der Waals surface area (Å²) in [6.45, 7) is 2.03. The molecule has 1 aromatic carbocycles. The van der Waals surface area contributed by atoms with Gasteiger partial charge in [-0.1, -0.05) is 0 Å². The SMILES string of the molecule is C[C@@H](OC(=O)C1CCN(C(=O)c2ccc(F)cc2)CC1)C(=O)NC(N)=O. The summed E-state index contributed by atoms with van der Waals surface area (Å²) in [4.78, 5) is 48.2. The molecule has 0 unspecified atom stereocenters. The molecule has 1 saturated heterocycles. The highest BCUT2D eigenvalue weighted by Crippen LogP contribution is 2.21. The van der Waals surface area contributed by atoms with E-state index in [1.54, 1.807) is 4.90 Å². The quantitative estimate of drug-likeness (QED) is 0.765. The van der Waals surface area contributed by atoms with Crippen molar-refractivity contribution in [2.75, 3.05) is 13.1 Å². The third kappa shape index (κ3) is 5.01. The molecule has 4 amide bonds. The van der Waals surface area contributed by atoms with E-state index in [1.807, 2.05) is 5.32 Å². The smallest absolute Gasteiger partial charge is 0.318 e. The molecule has 26 heavy (non-hydrogen) atoms. The zero-order valence-electron chi connectivity index (χ0n) is 14.2. The minimum Gasteiger partial charge on any atom is -0.452 e. The van der Waals surface area contributed by atoms with Gasteiger partial charge >= 0.3 is 12.0 Å². The van der Waals surface area contributed by atoms with Crippen LogP contribution in [0.5, 0.6) is 0 Å². The van der Waals surface area contributed by atoms with Gasteiger partial charge in [0.1, 0.15) is 5.82 Å². The van der Waals surface area contributed by atoms with Crippen LogP contribution in [0.3, 0.4) is 0 Å². The molecule has 1 aromatic rings. The van der Waals surface area contributed by atoms with Crippen molar-refractivity contribution in [3.05, 3.63) is 35.6 Å². The van der Waals surface area contributed by atoms with Crippen LogP contribution >= 0.6 is 0 Å². The Morgan fingerprint density at radius 2 is 1.77 bits per heavy atom. The van der Waals surface area contributed by atoms with Gasteiger partial charge in [-0.3, -0.25) is 19.7 Å². The Bertz CT molecular complexity index is 699. The first-order valence-electron chi connectivity index (χ1n) is 8.13. The van der Waals surface area contributed by atoms with Gasteiger partial charge in [-0.25, -0.2) is 9.18 Å². The van der Waals surface area contributed by atoms with E-state index < -0.39 is 35.7 Å². The maximum absolute atomic E-state index is 12.9. The van der Waals surface area contributed by atoms with E-state index >= 15 is 0 Å². The Labute approximate surface area is 149 Å². The minimum absolute atomic E-state index is 0.231. The molecular formula is C17H20FN3O5. The normalized spacial score (nSPS) is 15.8. The zero-order chi connectivity index (χ0) is 19.3. The summed E-state index contributed by atoms with van der Waals surface area (Å²) in [6, 6.07) is 4.24. The lowest BCUT2D eigenvalue weighted by Gasteiger charge is -2.31. The van der Waals surface area contributed by atoms with E-state index in [0.29, 0.717) is 31.5 Å². The molecule has 0 aromatic heterocycles. The number of nitrogens with two attached hydrogens (primary N) is 1. The lowest BCUT2D eigenvalue weighted by atomic mass is 9.96. The molecule has 140 valence electrons. The van der Waals surface area contributed by atoms with Crippen molar-refractivity contribution in [1.29, 1.82) is 0 Å². The van der Waals surface area contributed by atoms with Crippen molar-refractivity contribution in [1.82, 2.24) is 10.2 Å². The number of hydrogen-bond donors (Lipinski definition) is 2. The number of esters is 1. The number of imide groups is 1. The molecule has 2 rings (SSSR count). The molecule has 0 radical (unpaired) electrons. The molecule has 1 aliphatic heterocycles. The fourth-order valence-corrected chi connectivity index (χ4v) is 2.64. The number of benzene rings is 1. The van der Waals surface area contributed by atoms with Gasteiger partial charge in [0.25, 0.3) is 11.8 Å². The third-order valence-electron chi connectivity index (χ3n) is 4.12. The number of carbonyl (C=O) groups is 4. The number of nitrogens with zero attached hydrogens (tertiary/aromatic N) is 1. The number of nitrogens with one attached hydrogen (secondary N) is 1. The Morgan fingerprint density at radius 1 is 1.19 bits per heavy atom. The van der Waals surface area contributed by atoms with Gasteiger partial charge in [0.15, 0.2) is 6.10 Å². The largest absolute Gasteiger partial charge is 0.452 e. The fourth-order valence-electron chi connectivity index (χ4n) is 2.64. The summed E-state index contributed by atoms with van der Waals surface area (Å²) < 4.78 is 18.0. The second kappa shape index (κ2) is 8.41. The van der Waals surface area contributed by atoms with Crippen molar-refractivity contribution in [3.8, 4) is 0 Å². The average Bonchev–Trinajstić information content (AvgIpc) is 2.61. The Kier molecular flexibility index (Phi) is 6.26. The number of amides is 4. The van der Waals surface area contributed by atoms with Crippen molar-refractivity contribution in [2.45, 2.75) is 25.9 Å². The molecule has 1 heterocycles. The van der Waals surface area contributed by atoms with Gasteiger partial charge in [-0.05, 0) is 44.0 Å². The van der Waals surface area contributed by atoms with E-state index in [-0.39, 0.29) is 5.91 Å². The number of rotatable bonds is 4. The van der Waals surface area contributed by atoms with Crippen molar-refractivity contribution >= 4 is 23.8 Å². The van der Waals surface area contributed by atoms with Crippen LogP contribution in [-0.2, 0) is 14.3 Å². The summed E-state index contributed by atoms with van der Waals surface area (Å²) in [5.74, 6) is -2.46. The van der Waals surface area contributed by atoms with E-state index in [9.17, 15) is 23.6 Å². The Balaban J connectivity index is 1.84. The minimum atomic E-state index is -1.14. The average molecular weight is 365 g/mol. The van der Waals surface area contributed by atoms with Crippen molar-refractivity contribution in [2.24, 2.45) is 11.7 Å². The second-order valence-electron chi connectivity index (χ2n) is 6.01. The van der Waals surface area contributed by atoms with Crippen LogP contribution in [-0.4, -0.2) is 47.9 Å². The first-order chi connectivity index (χ1) is 12.3. The van der Waals surface area contributed by atoms with E-state index in [2.05, 4.69) is 0 Å².